The van der Waals surface area contributed by atoms with Crippen molar-refractivity contribution in [2.45, 2.75) is 6.92 Å². The van der Waals surface area contributed by atoms with Crippen LogP contribution in [0.1, 0.15) is 6.92 Å². The molecule has 0 fully saturated rings. The van der Waals surface area contributed by atoms with E-state index >= 15 is 0 Å². The Morgan fingerprint density at radius 1 is 1.80 bits per heavy atom. The van der Waals surface area contributed by atoms with Crippen LogP contribution in [0.2, 0.25) is 0 Å². The molecular formula is C3H7HgO. The molecule has 0 unspecified atom stereocenters. The van der Waals surface area contributed by atoms with Gasteiger partial charge in [-0.2, -0.15) is 0 Å². The Morgan fingerprint density at radius 3 is 2.40 bits per heavy atom. The Morgan fingerprint density at radius 2 is 2.40 bits per heavy atom. The van der Waals surface area contributed by atoms with Crippen LogP contribution in [-0.4, -0.2) is 10.7 Å². The summed E-state index contributed by atoms with van der Waals surface area (Å²) in [6.07, 6.45) is 0. The second kappa shape index (κ2) is 4.90. The molecule has 0 aliphatic heterocycles. The van der Waals surface area contributed by atoms with Crippen molar-refractivity contribution >= 4 is 0 Å². The Hall–Kier alpha value is 0.895. The molecule has 0 atom stereocenters. The van der Waals surface area contributed by atoms with Gasteiger partial charge in [0.25, 0.3) is 0 Å². The van der Waals surface area contributed by atoms with Crippen LogP contribution in [0, 0.1) is 0 Å². The van der Waals surface area contributed by atoms with E-state index in [0.717, 1.165) is 36.8 Å². The molecule has 0 aliphatic carbocycles. The Labute approximate surface area is 48.7 Å². The molecule has 0 aromatic rings. The summed E-state index contributed by atoms with van der Waals surface area (Å²) in [5.41, 5.74) is 0. The van der Waals surface area contributed by atoms with E-state index in [2.05, 4.69) is 0 Å². The predicted molar refractivity (Wildman–Crippen MR) is 16.5 cm³/mol. The molecule has 0 bridgehead atoms. The Kier molecular flexibility index (Phi) is 5.77. The molecule has 1 nitrogen and oxygen atoms in total. The molecule has 0 saturated heterocycles. The van der Waals surface area contributed by atoms with Crippen LogP contribution in [0.4, 0.5) is 0 Å². The van der Waals surface area contributed by atoms with Gasteiger partial charge in [-0.15, -0.1) is 0 Å². The van der Waals surface area contributed by atoms with Gasteiger partial charge in [-0.1, -0.05) is 0 Å². The molecule has 0 radical (unpaired) electrons. The Bertz CT molecular complexity index is 14.4. The van der Waals surface area contributed by atoms with Crippen molar-refractivity contribution in [1.82, 2.24) is 0 Å². The van der Waals surface area contributed by atoms with Crippen molar-refractivity contribution in [2.75, 3.05) is 10.7 Å². The van der Waals surface area contributed by atoms with Crippen molar-refractivity contribution in [3.05, 3.63) is 0 Å². The quantitative estimate of drug-likeness (QED) is 0.658. The average Bonchev–Trinajstić information content (AvgIpc) is 1.41. The SMILES string of the molecule is CCO[CH2][Hg]. The van der Waals surface area contributed by atoms with Crippen molar-refractivity contribution in [1.29, 1.82) is 0 Å². The third-order valence-corrected chi connectivity index (χ3v) is 1.47. The number of ether oxygens (including phenoxy) is 1. The summed E-state index contributed by atoms with van der Waals surface area (Å²) in [4.78, 5) is 0. The van der Waals surface area contributed by atoms with Crippen molar-refractivity contribution in [3.63, 3.8) is 0 Å². The molecule has 5 heavy (non-hydrogen) atoms. The van der Waals surface area contributed by atoms with E-state index in [9.17, 15) is 0 Å². The standard InChI is InChI=1S/C3H7O.Hg/c1-3-4-2;/h2-3H2,1H3;. The fourth-order valence-corrected chi connectivity index (χ4v) is 1.27. The van der Waals surface area contributed by atoms with E-state index in [0.29, 0.717) is 0 Å². The summed E-state index contributed by atoms with van der Waals surface area (Å²) < 4.78 is 5.96. The minimum atomic E-state index is 0.851. The number of hydrogen-bond donors (Lipinski definition) is 0. The zero-order valence-electron chi connectivity index (χ0n) is 3.53. The normalized spacial score (nSPS) is 8.60. The summed E-state index contributed by atoms with van der Waals surface area (Å²) in [6, 6.07) is 0. The van der Waals surface area contributed by atoms with Gasteiger partial charge in [0.2, 0.25) is 0 Å². The fourth-order valence-electron chi connectivity index (χ4n) is 0.144. The van der Waals surface area contributed by atoms with E-state index in [1.165, 1.54) is 0 Å². The van der Waals surface area contributed by atoms with Gasteiger partial charge in [-0.25, -0.2) is 0 Å². The van der Waals surface area contributed by atoms with Gasteiger partial charge in [0.1, 0.15) is 0 Å². The van der Waals surface area contributed by atoms with Crippen LogP contribution in [0.25, 0.3) is 0 Å². The molecule has 27 valence electrons. The van der Waals surface area contributed by atoms with Gasteiger partial charge in [0.15, 0.2) is 0 Å². The zero-order valence-corrected chi connectivity index (χ0v) is 9.03. The van der Waals surface area contributed by atoms with Crippen LogP contribution in [0.5, 0.6) is 0 Å². The van der Waals surface area contributed by atoms with Gasteiger partial charge in [0.05, 0.1) is 0 Å². The Balaban J connectivity index is 2.19. The van der Waals surface area contributed by atoms with Gasteiger partial charge < -0.3 is 0 Å². The van der Waals surface area contributed by atoms with Crippen LogP contribution in [0.3, 0.4) is 0 Å². The molecule has 2 heteroatoms. The van der Waals surface area contributed by atoms with E-state index in [1.54, 1.807) is 0 Å². The summed E-state index contributed by atoms with van der Waals surface area (Å²) >= 11 is 0.851. The van der Waals surface area contributed by atoms with Crippen LogP contribution >= 0.6 is 0 Å². The first-order valence-electron chi connectivity index (χ1n) is 1.78. The van der Waals surface area contributed by atoms with Crippen LogP contribution in [-0.2, 0) is 30.9 Å². The second-order valence-electron chi connectivity index (χ2n) is 0.697. The first kappa shape index (κ1) is 5.90. The second-order valence-corrected chi connectivity index (χ2v) is 2.28. The topological polar surface area (TPSA) is 9.23 Å². The van der Waals surface area contributed by atoms with Gasteiger partial charge in [0, 0.05) is 0 Å². The van der Waals surface area contributed by atoms with Crippen molar-refractivity contribution in [3.8, 4) is 0 Å². The summed E-state index contributed by atoms with van der Waals surface area (Å²) in [7, 11) is 0. The summed E-state index contributed by atoms with van der Waals surface area (Å²) in [5, 5.41) is 0. The van der Waals surface area contributed by atoms with Gasteiger partial charge in [-0.05, 0) is 0 Å². The van der Waals surface area contributed by atoms with E-state index in [-0.39, 0.29) is 0 Å². The van der Waals surface area contributed by atoms with Crippen LogP contribution < -0.4 is 0 Å². The first-order chi connectivity index (χ1) is 2.41. The van der Waals surface area contributed by atoms with E-state index in [4.69, 9.17) is 4.74 Å². The van der Waals surface area contributed by atoms with Crippen molar-refractivity contribution in [2.24, 2.45) is 0 Å². The molecule has 0 aromatic carbocycles. The third-order valence-electron chi connectivity index (χ3n) is 0.348. The molecular weight excluding hydrogens is 253 g/mol. The predicted octanol–water partition coefficient (Wildman–Crippen LogP) is 0.527. The van der Waals surface area contributed by atoms with Crippen molar-refractivity contribution < 1.29 is 30.9 Å². The number of rotatable bonds is 2. The molecule has 0 rings (SSSR count). The molecule has 0 heterocycles. The summed E-state index contributed by atoms with van der Waals surface area (Å²) in [5.74, 6) is 0. The van der Waals surface area contributed by atoms with Gasteiger partial charge in [-0.3, -0.25) is 0 Å². The zero-order chi connectivity index (χ0) is 4.12. The summed E-state index contributed by atoms with van der Waals surface area (Å²) in [6.45, 7) is 2.91. The molecule has 0 aromatic heterocycles. The fraction of sp³-hybridized carbons (Fsp3) is 1.00. The first-order valence-corrected chi connectivity index (χ1v) is 5.67. The van der Waals surface area contributed by atoms with E-state index in [1.807, 2.05) is 6.92 Å². The molecule has 0 N–H and O–H groups in total. The number of hydrogen-bond acceptors (Lipinski definition) is 1. The van der Waals surface area contributed by atoms with Crippen LogP contribution in [0.15, 0.2) is 0 Å². The molecule has 0 aliphatic rings. The molecule has 0 saturated carbocycles. The monoisotopic (exact) mass is 261 g/mol. The average molecular weight is 260 g/mol. The maximum absolute atomic E-state index is 4.92. The maximum atomic E-state index is 4.92. The molecule has 0 spiro atoms. The van der Waals surface area contributed by atoms with E-state index < -0.39 is 0 Å². The minimum absolute atomic E-state index is 0.851. The van der Waals surface area contributed by atoms with Gasteiger partial charge >= 0.3 is 48.5 Å². The third kappa shape index (κ3) is 4.90. The molecule has 0 amide bonds.